The van der Waals surface area contributed by atoms with Gasteiger partial charge in [-0.1, -0.05) is 31.1 Å². The number of nitrogens with zero attached hydrogens (tertiary/aromatic N) is 1. The topological polar surface area (TPSA) is 18.1 Å². The molecule has 0 saturated carbocycles. The molecule has 0 N–H and O–H groups in total. The molecule has 1 heterocycles. The molecule has 0 saturated heterocycles. The minimum atomic E-state index is 0.585. The van der Waals surface area contributed by atoms with E-state index in [1.165, 1.54) is 19.3 Å². The van der Waals surface area contributed by atoms with Crippen molar-refractivity contribution in [2.75, 3.05) is 0 Å². The van der Waals surface area contributed by atoms with Crippen molar-refractivity contribution in [1.82, 2.24) is 4.57 Å². The standard InChI is InChI=1S/C15H19NOS/c1-2-3-4-5-6-9-12-16-13-10-7-8-11-14(13)17-15(16)18/h2,7-8,10-11H,1,3-6,9,12H2. The summed E-state index contributed by atoms with van der Waals surface area (Å²) < 4.78 is 7.65. The Kier molecular flexibility index (Phi) is 4.76. The van der Waals surface area contributed by atoms with E-state index in [4.69, 9.17) is 16.6 Å². The zero-order valence-corrected chi connectivity index (χ0v) is 11.4. The number of fused-ring (bicyclic) bond motifs is 1. The van der Waals surface area contributed by atoms with E-state index < -0.39 is 0 Å². The zero-order valence-electron chi connectivity index (χ0n) is 10.6. The fraction of sp³-hybridized carbons (Fsp3) is 0.400. The summed E-state index contributed by atoms with van der Waals surface area (Å²) in [6.45, 7) is 4.68. The van der Waals surface area contributed by atoms with Crippen molar-refractivity contribution >= 4 is 23.3 Å². The summed E-state index contributed by atoms with van der Waals surface area (Å²) in [5.74, 6) is 0. The minimum absolute atomic E-state index is 0.585. The molecule has 0 unspecified atom stereocenters. The van der Waals surface area contributed by atoms with Crippen LogP contribution in [0.15, 0.2) is 41.3 Å². The van der Waals surface area contributed by atoms with Gasteiger partial charge in [-0.2, -0.15) is 0 Å². The molecule has 0 aliphatic rings. The van der Waals surface area contributed by atoms with Crippen molar-refractivity contribution in [3.63, 3.8) is 0 Å². The fourth-order valence-electron chi connectivity index (χ4n) is 2.14. The Balaban J connectivity index is 1.93. The third-order valence-corrected chi connectivity index (χ3v) is 3.42. The van der Waals surface area contributed by atoms with Crippen molar-refractivity contribution in [2.24, 2.45) is 0 Å². The van der Waals surface area contributed by atoms with Crippen LogP contribution in [0.2, 0.25) is 0 Å². The normalized spacial score (nSPS) is 10.9. The number of aryl methyl sites for hydroxylation is 1. The van der Waals surface area contributed by atoms with E-state index in [0.717, 1.165) is 30.5 Å². The minimum Gasteiger partial charge on any atom is -0.429 e. The predicted octanol–water partition coefficient (Wildman–Crippen LogP) is 5.10. The van der Waals surface area contributed by atoms with Crippen molar-refractivity contribution in [3.8, 4) is 0 Å². The number of oxazole rings is 1. The van der Waals surface area contributed by atoms with Gasteiger partial charge in [0.05, 0.1) is 5.52 Å². The largest absolute Gasteiger partial charge is 0.429 e. The van der Waals surface area contributed by atoms with Gasteiger partial charge >= 0.3 is 0 Å². The van der Waals surface area contributed by atoms with Crippen LogP contribution in [0.1, 0.15) is 32.1 Å². The molecule has 1 aromatic carbocycles. The average Bonchev–Trinajstić information content (AvgIpc) is 2.70. The maximum absolute atomic E-state index is 5.56. The quantitative estimate of drug-likeness (QED) is 0.392. The van der Waals surface area contributed by atoms with Crippen molar-refractivity contribution in [2.45, 2.75) is 38.6 Å². The van der Waals surface area contributed by atoms with Gasteiger partial charge in [0.25, 0.3) is 4.84 Å². The van der Waals surface area contributed by atoms with Crippen LogP contribution >= 0.6 is 12.2 Å². The third kappa shape index (κ3) is 3.10. The lowest BCUT2D eigenvalue weighted by Crippen LogP contribution is -1.97. The van der Waals surface area contributed by atoms with Gasteiger partial charge in [-0.25, -0.2) is 0 Å². The van der Waals surface area contributed by atoms with E-state index in [1.807, 2.05) is 24.3 Å². The number of para-hydroxylation sites is 2. The molecular formula is C15H19NOS. The van der Waals surface area contributed by atoms with Gasteiger partial charge in [0.15, 0.2) is 5.58 Å². The Hall–Kier alpha value is -1.35. The molecule has 2 aromatic rings. The van der Waals surface area contributed by atoms with Gasteiger partial charge in [-0.15, -0.1) is 6.58 Å². The predicted molar refractivity (Wildman–Crippen MR) is 78.3 cm³/mol. The summed E-state index contributed by atoms with van der Waals surface area (Å²) in [4.78, 5) is 0.585. The Morgan fingerprint density at radius 3 is 2.78 bits per heavy atom. The van der Waals surface area contributed by atoms with Gasteiger partial charge < -0.3 is 4.42 Å². The van der Waals surface area contributed by atoms with Gasteiger partial charge in [-0.3, -0.25) is 4.57 Å². The van der Waals surface area contributed by atoms with E-state index >= 15 is 0 Å². The van der Waals surface area contributed by atoms with Crippen LogP contribution in [-0.2, 0) is 6.54 Å². The molecule has 3 heteroatoms. The van der Waals surface area contributed by atoms with E-state index in [-0.39, 0.29) is 0 Å². The highest BCUT2D eigenvalue weighted by Crippen LogP contribution is 2.18. The van der Waals surface area contributed by atoms with Gasteiger partial charge in [-0.05, 0) is 43.6 Å². The van der Waals surface area contributed by atoms with Crippen LogP contribution < -0.4 is 0 Å². The van der Waals surface area contributed by atoms with Crippen molar-refractivity contribution < 1.29 is 4.42 Å². The first-order valence-corrected chi connectivity index (χ1v) is 6.93. The number of unbranched alkanes of at least 4 members (excludes halogenated alkanes) is 4. The Labute approximate surface area is 113 Å². The highest BCUT2D eigenvalue weighted by atomic mass is 32.1. The molecule has 2 rings (SSSR count). The van der Waals surface area contributed by atoms with Crippen LogP contribution in [0.4, 0.5) is 0 Å². The van der Waals surface area contributed by atoms with E-state index in [1.54, 1.807) is 0 Å². The SMILES string of the molecule is C=CCCCCCCn1c(=S)oc2ccccc21. The monoisotopic (exact) mass is 261 g/mol. The molecule has 0 aliphatic carbocycles. The first-order chi connectivity index (χ1) is 8.83. The highest BCUT2D eigenvalue weighted by molar-refractivity contribution is 7.71. The van der Waals surface area contributed by atoms with Gasteiger partial charge in [0.1, 0.15) is 0 Å². The Bertz CT molecular complexity index is 567. The molecule has 0 radical (unpaired) electrons. The lowest BCUT2D eigenvalue weighted by Gasteiger charge is -2.03. The lowest BCUT2D eigenvalue weighted by atomic mass is 10.1. The van der Waals surface area contributed by atoms with E-state index in [2.05, 4.69) is 17.2 Å². The molecule has 2 nitrogen and oxygen atoms in total. The van der Waals surface area contributed by atoms with Crippen molar-refractivity contribution in [3.05, 3.63) is 41.8 Å². The average molecular weight is 261 g/mol. The molecular weight excluding hydrogens is 242 g/mol. The number of allylic oxidation sites excluding steroid dienone is 1. The van der Waals surface area contributed by atoms with Gasteiger partial charge in [0.2, 0.25) is 0 Å². The summed E-state index contributed by atoms with van der Waals surface area (Å²) >= 11 is 5.26. The summed E-state index contributed by atoms with van der Waals surface area (Å²) in [7, 11) is 0. The van der Waals surface area contributed by atoms with Crippen molar-refractivity contribution in [1.29, 1.82) is 0 Å². The van der Waals surface area contributed by atoms with E-state index in [9.17, 15) is 0 Å². The summed E-state index contributed by atoms with van der Waals surface area (Å²) in [5, 5.41) is 0. The molecule has 0 atom stereocenters. The second kappa shape index (κ2) is 6.55. The maximum atomic E-state index is 5.56. The number of aromatic nitrogens is 1. The summed E-state index contributed by atoms with van der Waals surface area (Å²) in [6.07, 6.45) is 7.98. The van der Waals surface area contributed by atoms with Crippen LogP contribution in [0.5, 0.6) is 0 Å². The summed E-state index contributed by atoms with van der Waals surface area (Å²) in [5.41, 5.74) is 1.99. The fourth-order valence-corrected chi connectivity index (χ4v) is 2.42. The van der Waals surface area contributed by atoms with E-state index in [0.29, 0.717) is 4.84 Å². The Morgan fingerprint density at radius 1 is 1.17 bits per heavy atom. The molecule has 0 aliphatic heterocycles. The van der Waals surface area contributed by atoms with Crippen LogP contribution in [-0.4, -0.2) is 4.57 Å². The molecule has 0 amide bonds. The van der Waals surface area contributed by atoms with Gasteiger partial charge in [0, 0.05) is 6.54 Å². The smallest absolute Gasteiger partial charge is 0.269 e. The van der Waals surface area contributed by atoms with Crippen LogP contribution in [0.3, 0.4) is 0 Å². The molecule has 96 valence electrons. The maximum Gasteiger partial charge on any atom is 0.269 e. The Morgan fingerprint density at radius 2 is 1.94 bits per heavy atom. The molecule has 0 spiro atoms. The number of benzene rings is 1. The number of hydrogen-bond donors (Lipinski definition) is 0. The zero-order chi connectivity index (χ0) is 12.8. The second-order valence-electron chi connectivity index (χ2n) is 4.48. The molecule has 1 aromatic heterocycles. The molecule has 18 heavy (non-hydrogen) atoms. The third-order valence-electron chi connectivity index (χ3n) is 3.11. The lowest BCUT2D eigenvalue weighted by molar-refractivity contribution is 0.512. The van der Waals surface area contributed by atoms with Crippen LogP contribution in [0, 0.1) is 4.84 Å². The first kappa shape index (κ1) is 13.1. The highest BCUT2D eigenvalue weighted by Gasteiger charge is 2.04. The first-order valence-electron chi connectivity index (χ1n) is 6.52. The van der Waals surface area contributed by atoms with Crippen LogP contribution in [0.25, 0.3) is 11.1 Å². The molecule has 0 bridgehead atoms. The number of rotatable bonds is 7. The second-order valence-corrected chi connectivity index (χ2v) is 4.83. The number of hydrogen-bond acceptors (Lipinski definition) is 2. The molecule has 0 fully saturated rings. The summed E-state index contributed by atoms with van der Waals surface area (Å²) in [6, 6.07) is 8.02.